The van der Waals surface area contributed by atoms with E-state index in [9.17, 15) is 5.11 Å². The molecule has 1 aliphatic carbocycles. The summed E-state index contributed by atoms with van der Waals surface area (Å²) < 4.78 is 1.13. The normalized spacial score (nSPS) is 25.3. The zero-order chi connectivity index (χ0) is 13.0. The fraction of sp³-hybridized carbons (Fsp3) is 0.600. The average molecular weight is 312 g/mol. The Morgan fingerprint density at radius 2 is 2.28 bits per heavy atom. The Bertz CT molecular complexity index is 383. The van der Waals surface area contributed by atoms with E-state index < -0.39 is 0 Å². The van der Waals surface area contributed by atoms with Gasteiger partial charge in [0.1, 0.15) is 0 Å². The molecule has 3 atom stereocenters. The number of aliphatic hydroxyl groups is 1. The minimum Gasteiger partial charge on any atom is -0.393 e. The fourth-order valence-corrected chi connectivity index (χ4v) is 3.19. The van der Waals surface area contributed by atoms with Crippen molar-refractivity contribution in [1.29, 1.82) is 0 Å². The first kappa shape index (κ1) is 14.0. The van der Waals surface area contributed by atoms with Crippen LogP contribution in [-0.4, -0.2) is 17.8 Å². The van der Waals surface area contributed by atoms with Gasteiger partial charge in [0.25, 0.3) is 0 Å². The Hall–Kier alpha value is -0.380. The monoisotopic (exact) mass is 311 g/mol. The van der Waals surface area contributed by atoms with Crippen molar-refractivity contribution < 1.29 is 5.11 Å². The molecule has 2 N–H and O–H groups in total. The largest absolute Gasteiger partial charge is 0.393 e. The van der Waals surface area contributed by atoms with Crippen LogP contribution in [0.25, 0.3) is 0 Å². The van der Waals surface area contributed by atoms with Crippen LogP contribution in [0.1, 0.15) is 44.2 Å². The van der Waals surface area contributed by atoms with Crippen molar-refractivity contribution in [1.82, 2.24) is 5.32 Å². The van der Waals surface area contributed by atoms with Crippen LogP contribution in [0.4, 0.5) is 0 Å². The first-order valence-corrected chi connectivity index (χ1v) is 7.67. The van der Waals surface area contributed by atoms with Crippen molar-refractivity contribution >= 4 is 15.9 Å². The minimum absolute atomic E-state index is 0.0995. The molecule has 2 rings (SSSR count). The van der Waals surface area contributed by atoms with Crippen LogP contribution in [0.5, 0.6) is 0 Å². The standard InChI is InChI=1S/C15H22BrNO/c1-2-14(11-5-3-7-13(16)9-11)17-10-12-6-4-8-15(12)18/h3,5,7,9,12,14-15,17-18H,2,4,6,8,10H2,1H3. The summed E-state index contributed by atoms with van der Waals surface area (Å²) in [6, 6.07) is 8.85. The van der Waals surface area contributed by atoms with E-state index in [2.05, 4.69) is 52.4 Å². The number of aliphatic hydroxyl groups excluding tert-OH is 1. The predicted molar refractivity (Wildman–Crippen MR) is 78.5 cm³/mol. The molecular formula is C15H22BrNO. The van der Waals surface area contributed by atoms with E-state index in [0.29, 0.717) is 12.0 Å². The molecule has 18 heavy (non-hydrogen) atoms. The predicted octanol–water partition coefficient (Wildman–Crippen LogP) is 3.65. The van der Waals surface area contributed by atoms with Gasteiger partial charge in [-0.2, -0.15) is 0 Å². The Morgan fingerprint density at radius 3 is 2.89 bits per heavy atom. The molecule has 100 valence electrons. The Kier molecular flexibility index (Phi) is 5.22. The lowest BCUT2D eigenvalue weighted by Crippen LogP contribution is -2.30. The Morgan fingerprint density at radius 1 is 1.44 bits per heavy atom. The average Bonchev–Trinajstić information content (AvgIpc) is 2.76. The van der Waals surface area contributed by atoms with Crippen molar-refractivity contribution in [2.45, 2.75) is 44.8 Å². The van der Waals surface area contributed by atoms with Crippen LogP contribution in [0.3, 0.4) is 0 Å². The fourth-order valence-electron chi connectivity index (χ4n) is 2.77. The van der Waals surface area contributed by atoms with Gasteiger partial charge >= 0.3 is 0 Å². The molecule has 2 nitrogen and oxygen atoms in total. The van der Waals surface area contributed by atoms with E-state index in [1.165, 1.54) is 12.0 Å². The van der Waals surface area contributed by atoms with Crippen molar-refractivity contribution in [3.63, 3.8) is 0 Å². The highest BCUT2D eigenvalue weighted by atomic mass is 79.9. The molecule has 0 heterocycles. The van der Waals surface area contributed by atoms with Crippen LogP contribution >= 0.6 is 15.9 Å². The van der Waals surface area contributed by atoms with Gasteiger partial charge in [-0.15, -0.1) is 0 Å². The molecule has 0 aliphatic heterocycles. The SMILES string of the molecule is CCC(NCC1CCCC1O)c1cccc(Br)c1. The molecule has 0 aromatic heterocycles. The Labute approximate surface area is 118 Å². The van der Waals surface area contributed by atoms with Gasteiger partial charge in [-0.3, -0.25) is 0 Å². The molecule has 0 spiro atoms. The molecule has 1 fully saturated rings. The van der Waals surface area contributed by atoms with Crippen molar-refractivity contribution in [3.05, 3.63) is 34.3 Å². The molecule has 0 amide bonds. The summed E-state index contributed by atoms with van der Waals surface area (Å²) in [7, 11) is 0. The molecule has 1 aromatic rings. The maximum absolute atomic E-state index is 9.84. The highest BCUT2D eigenvalue weighted by Gasteiger charge is 2.25. The number of hydrogen-bond donors (Lipinski definition) is 2. The minimum atomic E-state index is -0.0995. The van der Waals surface area contributed by atoms with E-state index in [1.807, 2.05) is 0 Å². The zero-order valence-corrected chi connectivity index (χ0v) is 12.5. The summed E-state index contributed by atoms with van der Waals surface area (Å²) >= 11 is 3.52. The zero-order valence-electron chi connectivity index (χ0n) is 10.9. The van der Waals surface area contributed by atoms with Gasteiger partial charge in [0, 0.05) is 17.1 Å². The van der Waals surface area contributed by atoms with E-state index in [0.717, 1.165) is 30.3 Å². The number of halogens is 1. The van der Waals surface area contributed by atoms with Crippen LogP contribution in [0.2, 0.25) is 0 Å². The van der Waals surface area contributed by atoms with Crippen LogP contribution in [0, 0.1) is 5.92 Å². The highest BCUT2D eigenvalue weighted by Crippen LogP contribution is 2.26. The molecule has 1 aliphatic rings. The quantitative estimate of drug-likeness (QED) is 0.870. The summed E-state index contributed by atoms with van der Waals surface area (Å²) in [6.07, 6.45) is 4.27. The second-order valence-corrected chi connectivity index (χ2v) is 6.10. The van der Waals surface area contributed by atoms with Crippen molar-refractivity contribution in [3.8, 4) is 0 Å². The summed E-state index contributed by atoms with van der Waals surface area (Å²) in [5.41, 5.74) is 1.32. The number of benzene rings is 1. The van der Waals surface area contributed by atoms with Gasteiger partial charge in [0.2, 0.25) is 0 Å². The van der Waals surface area contributed by atoms with Gasteiger partial charge in [-0.25, -0.2) is 0 Å². The molecule has 3 unspecified atom stereocenters. The number of rotatable bonds is 5. The third-order valence-electron chi connectivity index (χ3n) is 3.90. The van der Waals surface area contributed by atoms with Crippen LogP contribution < -0.4 is 5.32 Å². The molecular weight excluding hydrogens is 290 g/mol. The second kappa shape index (κ2) is 6.69. The second-order valence-electron chi connectivity index (χ2n) is 5.18. The van der Waals surface area contributed by atoms with E-state index in [4.69, 9.17) is 0 Å². The van der Waals surface area contributed by atoms with Gasteiger partial charge in [-0.05, 0) is 42.9 Å². The highest BCUT2D eigenvalue weighted by molar-refractivity contribution is 9.10. The van der Waals surface area contributed by atoms with Crippen molar-refractivity contribution in [2.75, 3.05) is 6.54 Å². The maximum atomic E-state index is 9.84. The van der Waals surface area contributed by atoms with Gasteiger partial charge in [0.05, 0.1) is 6.10 Å². The number of hydrogen-bond acceptors (Lipinski definition) is 2. The smallest absolute Gasteiger partial charge is 0.0580 e. The molecule has 0 radical (unpaired) electrons. The summed E-state index contributed by atoms with van der Waals surface area (Å²) in [6.45, 7) is 3.12. The topological polar surface area (TPSA) is 32.3 Å². The summed E-state index contributed by atoms with van der Waals surface area (Å²) in [4.78, 5) is 0. The van der Waals surface area contributed by atoms with Gasteiger partial charge < -0.3 is 10.4 Å². The lowest BCUT2D eigenvalue weighted by atomic mass is 10.0. The summed E-state index contributed by atoms with van der Waals surface area (Å²) in [5, 5.41) is 13.4. The molecule has 1 saturated carbocycles. The van der Waals surface area contributed by atoms with Gasteiger partial charge in [-0.1, -0.05) is 41.4 Å². The van der Waals surface area contributed by atoms with Crippen molar-refractivity contribution in [2.24, 2.45) is 5.92 Å². The lowest BCUT2D eigenvalue weighted by Gasteiger charge is -2.22. The third-order valence-corrected chi connectivity index (χ3v) is 4.40. The third kappa shape index (κ3) is 3.56. The first-order valence-electron chi connectivity index (χ1n) is 6.87. The maximum Gasteiger partial charge on any atom is 0.0580 e. The summed E-state index contributed by atoms with van der Waals surface area (Å²) in [5.74, 6) is 0.436. The Balaban J connectivity index is 1.93. The van der Waals surface area contributed by atoms with Crippen LogP contribution in [0.15, 0.2) is 28.7 Å². The first-order chi connectivity index (χ1) is 8.70. The van der Waals surface area contributed by atoms with E-state index in [-0.39, 0.29) is 6.10 Å². The molecule has 1 aromatic carbocycles. The van der Waals surface area contributed by atoms with E-state index in [1.54, 1.807) is 0 Å². The lowest BCUT2D eigenvalue weighted by molar-refractivity contribution is 0.129. The number of nitrogens with one attached hydrogen (secondary N) is 1. The van der Waals surface area contributed by atoms with Crippen LogP contribution in [-0.2, 0) is 0 Å². The molecule has 0 saturated heterocycles. The van der Waals surface area contributed by atoms with E-state index >= 15 is 0 Å². The van der Waals surface area contributed by atoms with Gasteiger partial charge in [0.15, 0.2) is 0 Å². The molecule has 0 bridgehead atoms. The molecule has 3 heteroatoms.